The Morgan fingerprint density at radius 2 is 1.74 bits per heavy atom. The average molecular weight is 336 g/mol. The Labute approximate surface area is 130 Å². The summed E-state index contributed by atoms with van der Waals surface area (Å²) in [5, 5.41) is 0. The second kappa shape index (κ2) is 8.50. The van der Waals surface area contributed by atoms with E-state index in [1.54, 1.807) is 6.92 Å². The number of ketones is 1. The van der Waals surface area contributed by atoms with Crippen LogP contribution in [-0.4, -0.2) is 30.9 Å². The molecule has 0 radical (unpaired) electrons. The molecule has 0 heterocycles. The van der Waals surface area contributed by atoms with Crippen LogP contribution in [0.1, 0.15) is 36.5 Å². The number of hydrogen-bond donors (Lipinski definition) is 0. The number of halogens is 4. The highest BCUT2D eigenvalue weighted by molar-refractivity contribution is 5.96. The van der Waals surface area contributed by atoms with Gasteiger partial charge < -0.3 is 9.47 Å². The predicted molar refractivity (Wildman–Crippen MR) is 72.8 cm³/mol. The van der Waals surface area contributed by atoms with Crippen molar-refractivity contribution in [1.29, 1.82) is 0 Å². The van der Waals surface area contributed by atoms with E-state index in [1.165, 1.54) is 12.1 Å². The molecule has 4 nitrogen and oxygen atoms in total. The Kier molecular flexibility index (Phi) is 6.99. The van der Waals surface area contributed by atoms with Crippen molar-refractivity contribution in [3.05, 3.63) is 29.8 Å². The van der Waals surface area contributed by atoms with Crippen molar-refractivity contribution >= 4 is 11.8 Å². The fourth-order valence-electron chi connectivity index (χ4n) is 1.68. The summed E-state index contributed by atoms with van der Waals surface area (Å²) in [6.45, 7) is 1.93. The van der Waals surface area contributed by atoms with E-state index >= 15 is 0 Å². The summed E-state index contributed by atoms with van der Waals surface area (Å²) in [7, 11) is 0. The number of esters is 1. The molecular weight excluding hydrogens is 320 g/mol. The second-order valence-corrected chi connectivity index (χ2v) is 4.57. The number of carbonyl (C=O) groups is 2. The highest BCUT2D eigenvalue weighted by Gasteiger charge is 2.43. The molecule has 128 valence electrons. The molecule has 0 fully saturated rings. The van der Waals surface area contributed by atoms with Gasteiger partial charge in [0.15, 0.2) is 5.78 Å². The van der Waals surface area contributed by atoms with Gasteiger partial charge in [-0.2, -0.15) is 17.6 Å². The van der Waals surface area contributed by atoms with Gasteiger partial charge in [0.05, 0.1) is 6.61 Å². The molecule has 0 N–H and O–H groups in total. The van der Waals surface area contributed by atoms with Crippen LogP contribution < -0.4 is 4.74 Å². The van der Waals surface area contributed by atoms with Crippen LogP contribution >= 0.6 is 0 Å². The molecule has 0 saturated carbocycles. The van der Waals surface area contributed by atoms with Crippen molar-refractivity contribution in [2.24, 2.45) is 0 Å². The summed E-state index contributed by atoms with van der Waals surface area (Å²) in [4.78, 5) is 22.9. The zero-order valence-electron chi connectivity index (χ0n) is 12.4. The molecule has 0 amide bonds. The molecule has 0 aliphatic carbocycles. The Hall–Kier alpha value is -2.12. The normalized spacial score (nSPS) is 11.4. The van der Waals surface area contributed by atoms with Crippen molar-refractivity contribution in [2.45, 2.75) is 38.7 Å². The number of benzene rings is 1. The van der Waals surface area contributed by atoms with E-state index in [0.29, 0.717) is 6.42 Å². The van der Waals surface area contributed by atoms with E-state index in [-0.39, 0.29) is 30.8 Å². The van der Waals surface area contributed by atoms with Gasteiger partial charge in [-0.1, -0.05) is 0 Å². The number of alkyl halides is 4. The predicted octanol–water partition coefficient (Wildman–Crippen LogP) is 3.84. The van der Waals surface area contributed by atoms with Crippen LogP contribution in [-0.2, 0) is 9.53 Å². The van der Waals surface area contributed by atoms with Crippen LogP contribution in [0.4, 0.5) is 17.6 Å². The lowest BCUT2D eigenvalue weighted by molar-refractivity contribution is -0.253. The van der Waals surface area contributed by atoms with Crippen molar-refractivity contribution in [3.63, 3.8) is 0 Å². The summed E-state index contributed by atoms with van der Waals surface area (Å²) in [5.74, 6) is -1.18. The molecule has 0 atom stereocenters. The summed E-state index contributed by atoms with van der Waals surface area (Å²) < 4.78 is 58.0. The number of rotatable bonds is 9. The monoisotopic (exact) mass is 336 g/mol. The lowest BCUT2D eigenvalue weighted by Gasteiger charge is -2.16. The number of Topliss-reactive ketones (excluding diaryl/α,β-unsaturated/α-hetero) is 1. The maximum atomic E-state index is 12.7. The van der Waals surface area contributed by atoms with Crippen LogP contribution in [0.5, 0.6) is 5.75 Å². The van der Waals surface area contributed by atoms with Crippen LogP contribution in [0, 0.1) is 0 Å². The molecule has 1 aromatic carbocycles. The summed E-state index contributed by atoms with van der Waals surface area (Å²) in [6, 6.07) is 4.41. The third kappa shape index (κ3) is 6.25. The molecule has 0 aliphatic rings. The largest absolute Gasteiger partial charge is 0.466 e. The molecule has 0 spiro atoms. The molecule has 0 aliphatic heterocycles. The van der Waals surface area contributed by atoms with Gasteiger partial charge in [0.1, 0.15) is 5.75 Å². The third-order valence-corrected chi connectivity index (χ3v) is 2.77. The first-order valence-corrected chi connectivity index (χ1v) is 6.90. The minimum Gasteiger partial charge on any atom is -0.466 e. The lowest BCUT2D eigenvalue weighted by atomic mass is 10.1. The van der Waals surface area contributed by atoms with E-state index < -0.39 is 24.3 Å². The minimum absolute atomic E-state index is 0.0756. The van der Waals surface area contributed by atoms with E-state index in [9.17, 15) is 27.2 Å². The Morgan fingerprint density at radius 3 is 2.26 bits per heavy atom. The van der Waals surface area contributed by atoms with Gasteiger partial charge in [0.2, 0.25) is 0 Å². The molecule has 8 heteroatoms. The zero-order chi connectivity index (χ0) is 17.5. The molecule has 0 bridgehead atoms. The smallest absolute Gasteiger partial charge is 0.461 e. The molecule has 23 heavy (non-hydrogen) atoms. The highest BCUT2D eigenvalue weighted by Crippen LogP contribution is 2.27. The maximum absolute atomic E-state index is 12.7. The summed E-state index contributed by atoms with van der Waals surface area (Å²) in [5.41, 5.74) is 0.210. The fourth-order valence-corrected chi connectivity index (χ4v) is 1.68. The first-order valence-electron chi connectivity index (χ1n) is 6.90. The molecular formula is C15H16F4O4. The summed E-state index contributed by atoms with van der Waals surface area (Å²) >= 11 is 0. The number of ether oxygens (including phenoxy) is 2. The van der Waals surface area contributed by atoms with Gasteiger partial charge in [0.25, 0.3) is 0 Å². The van der Waals surface area contributed by atoms with Gasteiger partial charge in [0, 0.05) is 18.4 Å². The highest BCUT2D eigenvalue weighted by atomic mass is 19.3. The molecule has 0 aromatic heterocycles. The number of hydrogen-bond acceptors (Lipinski definition) is 4. The first kappa shape index (κ1) is 18.9. The molecule has 1 rings (SSSR count). The standard InChI is InChI=1S/C15H16F4O4/c1-2-22-13(21)5-3-4-12(20)10-6-8-11(9-7-10)23-15(18,19)14(16)17/h6-9,14H,2-5H2,1H3. The van der Waals surface area contributed by atoms with Crippen molar-refractivity contribution in [2.75, 3.05) is 6.61 Å². The zero-order valence-corrected chi connectivity index (χ0v) is 12.4. The van der Waals surface area contributed by atoms with Gasteiger partial charge in [-0.3, -0.25) is 9.59 Å². The Morgan fingerprint density at radius 1 is 1.13 bits per heavy atom. The summed E-state index contributed by atoms with van der Waals surface area (Å²) in [6.07, 6.45) is -8.08. The number of carbonyl (C=O) groups excluding carboxylic acids is 2. The quantitative estimate of drug-likeness (QED) is 0.391. The van der Waals surface area contributed by atoms with Crippen LogP contribution in [0.3, 0.4) is 0 Å². The van der Waals surface area contributed by atoms with Crippen molar-refractivity contribution < 1.29 is 36.6 Å². The topological polar surface area (TPSA) is 52.6 Å². The second-order valence-electron chi connectivity index (χ2n) is 4.57. The third-order valence-electron chi connectivity index (χ3n) is 2.77. The van der Waals surface area contributed by atoms with Crippen molar-refractivity contribution in [3.8, 4) is 5.75 Å². The Bertz CT molecular complexity index is 529. The maximum Gasteiger partial charge on any atom is 0.461 e. The van der Waals surface area contributed by atoms with Gasteiger partial charge in [-0.25, -0.2) is 0 Å². The average Bonchev–Trinajstić information content (AvgIpc) is 2.47. The van der Waals surface area contributed by atoms with Crippen molar-refractivity contribution in [1.82, 2.24) is 0 Å². The first-order chi connectivity index (χ1) is 10.8. The van der Waals surface area contributed by atoms with E-state index in [4.69, 9.17) is 4.74 Å². The molecule has 1 aromatic rings. The van der Waals surface area contributed by atoms with Gasteiger partial charge in [-0.05, 0) is 37.6 Å². The molecule has 0 unspecified atom stereocenters. The minimum atomic E-state index is -4.59. The molecule has 0 saturated heterocycles. The van der Waals surface area contributed by atoms with Crippen LogP contribution in [0.25, 0.3) is 0 Å². The Balaban J connectivity index is 2.53. The van der Waals surface area contributed by atoms with Gasteiger partial charge >= 0.3 is 18.5 Å². The van der Waals surface area contributed by atoms with Gasteiger partial charge in [-0.15, -0.1) is 0 Å². The fraction of sp³-hybridized carbons (Fsp3) is 0.467. The lowest BCUT2D eigenvalue weighted by Crippen LogP contribution is -2.33. The van der Waals surface area contributed by atoms with E-state index in [1.807, 2.05) is 0 Å². The van der Waals surface area contributed by atoms with E-state index in [0.717, 1.165) is 12.1 Å². The van der Waals surface area contributed by atoms with Crippen LogP contribution in [0.15, 0.2) is 24.3 Å². The van der Waals surface area contributed by atoms with E-state index in [2.05, 4.69) is 4.74 Å². The van der Waals surface area contributed by atoms with Crippen LogP contribution in [0.2, 0.25) is 0 Å². The SMILES string of the molecule is CCOC(=O)CCCC(=O)c1ccc(OC(F)(F)C(F)F)cc1.